The van der Waals surface area contributed by atoms with Crippen LogP contribution in [0, 0.1) is 5.41 Å². The quantitative estimate of drug-likeness (QED) is 0.431. The van der Waals surface area contributed by atoms with Crippen LogP contribution < -0.4 is 10.2 Å². The van der Waals surface area contributed by atoms with E-state index >= 15 is 0 Å². The molecule has 1 heterocycles. The summed E-state index contributed by atoms with van der Waals surface area (Å²) in [5.41, 5.74) is 6.17. The maximum atomic E-state index is 14.5. The van der Waals surface area contributed by atoms with Crippen molar-refractivity contribution in [2.45, 2.75) is 76.8 Å². The average Bonchev–Trinajstić information content (AvgIpc) is 3.34. The molecule has 3 aromatic carbocycles. The van der Waals surface area contributed by atoms with Gasteiger partial charge in [-0.2, -0.15) is 0 Å². The van der Waals surface area contributed by atoms with E-state index in [1.165, 1.54) is 23.1 Å². The van der Waals surface area contributed by atoms with Gasteiger partial charge in [-0.05, 0) is 52.1 Å². The summed E-state index contributed by atoms with van der Waals surface area (Å²) in [7, 11) is 0. The van der Waals surface area contributed by atoms with Crippen LogP contribution in [0.4, 0.5) is 5.69 Å². The minimum Gasteiger partial charge on any atom is -0.343 e. The van der Waals surface area contributed by atoms with E-state index in [1.54, 1.807) is 0 Å². The highest BCUT2D eigenvalue weighted by atomic mass is 16.2. The minimum absolute atomic E-state index is 0.0368. The van der Waals surface area contributed by atoms with E-state index in [1.807, 2.05) is 29.2 Å². The summed E-state index contributed by atoms with van der Waals surface area (Å²) in [5, 5.41) is 3.45. The smallest absolute Gasteiger partial charge is 0.244 e. The van der Waals surface area contributed by atoms with E-state index < -0.39 is 6.04 Å². The minimum atomic E-state index is -0.542. The molecule has 1 fully saturated rings. The third kappa shape index (κ3) is 3.89. The lowest BCUT2D eigenvalue weighted by molar-refractivity contribution is -0.129. The fourth-order valence-electron chi connectivity index (χ4n) is 7.08. The first-order chi connectivity index (χ1) is 17.8. The van der Waals surface area contributed by atoms with Crippen LogP contribution in [0.2, 0.25) is 0 Å². The monoisotopic (exact) mass is 492 g/mol. The molecule has 1 spiro atoms. The molecule has 3 aromatic rings. The van der Waals surface area contributed by atoms with Crippen LogP contribution in [0.25, 0.3) is 11.1 Å². The van der Waals surface area contributed by atoms with Crippen LogP contribution in [0.1, 0.15) is 82.0 Å². The second kappa shape index (κ2) is 8.86. The first-order valence-electron chi connectivity index (χ1n) is 13.7. The second-order valence-corrected chi connectivity index (χ2v) is 12.3. The third-order valence-electron chi connectivity index (χ3n) is 8.55. The van der Waals surface area contributed by atoms with E-state index in [-0.39, 0.29) is 28.7 Å². The van der Waals surface area contributed by atoms with Gasteiger partial charge < -0.3 is 5.32 Å². The van der Waals surface area contributed by atoms with Crippen molar-refractivity contribution in [1.29, 1.82) is 0 Å². The van der Waals surface area contributed by atoms with Crippen LogP contribution in [0.5, 0.6) is 0 Å². The fraction of sp³-hybridized carbons (Fsp3) is 0.394. The number of anilines is 1. The Kier molecular flexibility index (Phi) is 5.74. The van der Waals surface area contributed by atoms with Crippen molar-refractivity contribution in [2.75, 3.05) is 4.90 Å². The summed E-state index contributed by atoms with van der Waals surface area (Å²) < 4.78 is 0. The molecule has 1 N–H and O–H groups in total. The lowest BCUT2D eigenvalue weighted by atomic mass is 9.66. The number of nitrogens with zero attached hydrogens (tertiary/aromatic N) is 1. The second-order valence-electron chi connectivity index (χ2n) is 12.3. The molecule has 1 saturated carbocycles. The molecule has 1 atom stereocenters. The van der Waals surface area contributed by atoms with Crippen molar-refractivity contribution in [1.82, 2.24) is 5.32 Å². The summed E-state index contributed by atoms with van der Waals surface area (Å²) in [6, 6.07) is 24.2. The molecule has 4 heteroatoms. The van der Waals surface area contributed by atoms with Gasteiger partial charge >= 0.3 is 0 Å². The molecule has 0 radical (unpaired) electrons. The van der Waals surface area contributed by atoms with Crippen molar-refractivity contribution in [2.24, 2.45) is 5.41 Å². The van der Waals surface area contributed by atoms with Gasteiger partial charge in [0.1, 0.15) is 6.04 Å². The van der Waals surface area contributed by atoms with Crippen LogP contribution in [-0.2, 0) is 15.0 Å². The zero-order valence-corrected chi connectivity index (χ0v) is 22.1. The maximum absolute atomic E-state index is 14.5. The number of carbonyl (C=O) groups is 2. The van der Waals surface area contributed by atoms with E-state index in [4.69, 9.17) is 0 Å². The van der Waals surface area contributed by atoms with Crippen LogP contribution in [0.15, 0.2) is 72.8 Å². The number of hydrogen-bond donors (Lipinski definition) is 1. The standard InChI is InChI=1S/C33H36N2O2/c1-32(2,3)21-28(36)35-27-18-10-9-17-26(27)33(19-11-4-12-20-33)30(35)31(37)34-29-24-15-7-5-13-22(24)23-14-6-8-16-25(23)29/h5-10,13-18,29-30H,4,11-12,19-21H2,1-3H3,(H,34,37). The van der Waals surface area contributed by atoms with Gasteiger partial charge in [0.2, 0.25) is 11.8 Å². The van der Waals surface area contributed by atoms with Gasteiger partial charge in [-0.25, -0.2) is 0 Å². The summed E-state index contributed by atoms with van der Waals surface area (Å²) in [5.74, 6) is -0.00774. The lowest BCUT2D eigenvalue weighted by Gasteiger charge is -2.41. The SMILES string of the molecule is CC(C)(C)CC(=O)N1c2ccccc2C2(CCCCC2)C1C(=O)NC1c2ccccc2-c2ccccc21. The van der Waals surface area contributed by atoms with Gasteiger partial charge in [0, 0.05) is 17.5 Å². The summed E-state index contributed by atoms with van der Waals surface area (Å²) in [6.45, 7) is 6.26. The number of nitrogens with one attached hydrogen (secondary N) is 1. The molecule has 3 aliphatic rings. The zero-order valence-electron chi connectivity index (χ0n) is 22.1. The number of benzene rings is 3. The van der Waals surface area contributed by atoms with E-state index in [0.29, 0.717) is 6.42 Å². The molecule has 0 bridgehead atoms. The fourth-order valence-corrected chi connectivity index (χ4v) is 7.08. The molecule has 190 valence electrons. The number of para-hydroxylation sites is 1. The van der Waals surface area contributed by atoms with Crippen molar-refractivity contribution < 1.29 is 9.59 Å². The predicted octanol–water partition coefficient (Wildman–Crippen LogP) is 6.93. The van der Waals surface area contributed by atoms with Crippen molar-refractivity contribution >= 4 is 17.5 Å². The highest BCUT2D eigenvalue weighted by Crippen LogP contribution is 2.54. The zero-order chi connectivity index (χ0) is 25.8. The van der Waals surface area contributed by atoms with Crippen LogP contribution in [-0.4, -0.2) is 17.9 Å². The molecule has 6 rings (SSSR count). The molecule has 0 saturated heterocycles. The van der Waals surface area contributed by atoms with Gasteiger partial charge in [0.15, 0.2) is 0 Å². The first kappa shape index (κ1) is 24.0. The van der Waals surface area contributed by atoms with Crippen molar-refractivity contribution in [3.63, 3.8) is 0 Å². The normalized spacial score (nSPS) is 19.9. The van der Waals surface area contributed by atoms with E-state index in [9.17, 15) is 9.59 Å². The Morgan fingerprint density at radius 2 is 1.41 bits per heavy atom. The molecule has 4 nitrogen and oxygen atoms in total. The highest BCUT2D eigenvalue weighted by Gasteiger charge is 2.56. The van der Waals surface area contributed by atoms with Gasteiger partial charge in [-0.3, -0.25) is 14.5 Å². The predicted molar refractivity (Wildman–Crippen MR) is 148 cm³/mol. The Bertz CT molecular complexity index is 1320. The molecule has 1 aliphatic heterocycles. The Balaban J connectivity index is 1.44. The van der Waals surface area contributed by atoms with Gasteiger partial charge in [0.05, 0.1) is 6.04 Å². The molecular formula is C33H36N2O2. The molecule has 2 aliphatic carbocycles. The number of rotatable bonds is 3. The van der Waals surface area contributed by atoms with Gasteiger partial charge in [0.25, 0.3) is 0 Å². The van der Waals surface area contributed by atoms with Gasteiger partial charge in [-0.1, -0.05) is 107 Å². The summed E-state index contributed by atoms with van der Waals surface area (Å²) >= 11 is 0. The maximum Gasteiger partial charge on any atom is 0.244 e. The topological polar surface area (TPSA) is 49.4 Å². The Morgan fingerprint density at radius 3 is 2.03 bits per heavy atom. The highest BCUT2D eigenvalue weighted by molar-refractivity contribution is 6.05. The Hall–Kier alpha value is -3.40. The Labute approximate surface area is 220 Å². The Morgan fingerprint density at radius 1 is 0.838 bits per heavy atom. The molecule has 37 heavy (non-hydrogen) atoms. The molecular weight excluding hydrogens is 456 g/mol. The first-order valence-corrected chi connectivity index (χ1v) is 13.7. The molecule has 2 amide bonds. The number of fused-ring (bicyclic) bond motifs is 5. The average molecular weight is 493 g/mol. The van der Waals surface area contributed by atoms with Crippen LogP contribution in [0.3, 0.4) is 0 Å². The van der Waals surface area contributed by atoms with Crippen molar-refractivity contribution in [3.8, 4) is 11.1 Å². The van der Waals surface area contributed by atoms with Crippen LogP contribution >= 0.6 is 0 Å². The number of amides is 2. The lowest BCUT2D eigenvalue weighted by Crippen LogP contribution is -2.57. The van der Waals surface area contributed by atoms with E-state index in [0.717, 1.165) is 42.5 Å². The summed E-state index contributed by atoms with van der Waals surface area (Å²) in [4.78, 5) is 30.4. The number of hydrogen-bond acceptors (Lipinski definition) is 2. The molecule has 1 unspecified atom stereocenters. The third-order valence-corrected chi connectivity index (χ3v) is 8.55. The summed E-state index contributed by atoms with van der Waals surface area (Å²) in [6.07, 6.45) is 5.59. The molecule has 0 aromatic heterocycles. The van der Waals surface area contributed by atoms with E-state index in [2.05, 4.69) is 74.6 Å². The number of carbonyl (C=O) groups excluding carboxylic acids is 2. The van der Waals surface area contributed by atoms with Gasteiger partial charge in [-0.15, -0.1) is 0 Å². The van der Waals surface area contributed by atoms with Crippen molar-refractivity contribution in [3.05, 3.63) is 89.5 Å². The largest absolute Gasteiger partial charge is 0.343 e.